The van der Waals surface area contributed by atoms with Gasteiger partial charge in [-0.05, 0) is 40.2 Å². The molecule has 0 amide bonds. The van der Waals surface area contributed by atoms with Crippen LogP contribution >= 0.6 is 27.5 Å². The van der Waals surface area contributed by atoms with Gasteiger partial charge in [-0.25, -0.2) is 0 Å². The number of halogens is 2. The molecule has 0 unspecified atom stereocenters. The lowest BCUT2D eigenvalue weighted by Gasteiger charge is -2.07. The topological polar surface area (TPSA) is 39.4 Å². The van der Waals surface area contributed by atoms with Gasteiger partial charge in [0.05, 0.1) is 12.1 Å². The van der Waals surface area contributed by atoms with Crippen molar-refractivity contribution >= 4 is 33.2 Å². The smallest absolute Gasteiger partial charge is 0.170 e. The van der Waals surface area contributed by atoms with Gasteiger partial charge in [0, 0.05) is 16.2 Å². The average Bonchev–Trinajstić information content (AvgIpc) is 2.82. The molecule has 2 aromatic heterocycles. The zero-order valence-electron chi connectivity index (χ0n) is 9.97. The van der Waals surface area contributed by atoms with Crippen LogP contribution in [0.25, 0.3) is 17.0 Å². The molecule has 96 valence electrons. The maximum Gasteiger partial charge on any atom is 0.170 e. The predicted molar refractivity (Wildman–Crippen MR) is 77.7 cm³/mol. The summed E-state index contributed by atoms with van der Waals surface area (Å²) < 4.78 is 8.05. The van der Waals surface area contributed by atoms with Crippen molar-refractivity contribution in [2.45, 2.75) is 0 Å². The first-order chi connectivity index (χ1) is 9.20. The highest BCUT2D eigenvalue weighted by Gasteiger charge is 2.14. The molecule has 3 aromatic rings. The molecule has 19 heavy (non-hydrogen) atoms. The summed E-state index contributed by atoms with van der Waals surface area (Å²) in [6.07, 6.45) is 1.90. The second kappa shape index (κ2) is 4.83. The van der Waals surface area contributed by atoms with Crippen molar-refractivity contribution in [1.82, 2.24) is 14.6 Å². The first kappa shape index (κ1) is 12.4. The van der Waals surface area contributed by atoms with E-state index in [1.54, 1.807) is 7.11 Å². The van der Waals surface area contributed by atoms with Crippen LogP contribution in [0.2, 0.25) is 5.02 Å². The van der Waals surface area contributed by atoms with E-state index in [-0.39, 0.29) is 0 Å². The third-order valence-corrected chi connectivity index (χ3v) is 3.65. The van der Waals surface area contributed by atoms with Crippen molar-refractivity contribution < 1.29 is 4.74 Å². The van der Waals surface area contributed by atoms with Crippen LogP contribution in [0.5, 0.6) is 5.75 Å². The largest absolute Gasteiger partial charge is 0.495 e. The number of ether oxygens (including phenoxy) is 1. The van der Waals surface area contributed by atoms with Crippen LogP contribution in [-0.2, 0) is 0 Å². The van der Waals surface area contributed by atoms with E-state index in [9.17, 15) is 0 Å². The van der Waals surface area contributed by atoms with Gasteiger partial charge in [0.2, 0.25) is 0 Å². The highest BCUT2D eigenvalue weighted by atomic mass is 79.9. The second-order valence-electron chi connectivity index (χ2n) is 3.92. The molecule has 0 N–H and O–H groups in total. The fraction of sp³-hybridized carbons (Fsp3) is 0.0769. The standard InChI is InChI=1S/C13H9BrClN3O/c1-19-10-4-2-3-9(12(10)15)13-17-16-11-6-5-8(14)7-18(11)13/h2-7H,1H3. The van der Waals surface area contributed by atoms with E-state index < -0.39 is 0 Å². The van der Waals surface area contributed by atoms with Crippen LogP contribution in [0, 0.1) is 0 Å². The van der Waals surface area contributed by atoms with Gasteiger partial charge in [-0.3, -0.25) is 4.40 Å². The molecule has 1 aromatic carbocycles. The quantitative estimate of drug-likeness (QED) is 0.713. The highest BCUT2D eigenvalue weighted by molar-refractivity contribution is 9.10. The summed E-state index contributed by atoms with van der Waals surface area (Å²) in [5.74, 6) is 1.30. The molecule has 0 bridgehead atoms. The van der Waals surface area contributed by atoms with Crippen molar-refractivity contribution in [3.8, 4) is 17.1 Å². The Kier molecular flexibility index (Phi) is 3.16. The summed E-state index contributed by atoms with van der Waals surface area (Å²) in [7, 11) is 1.59. The Bertz CT molecular complexity index is 757. The Morgan fingerprint density at radius 3 is 2.84 bits per heavy atom. The fourth-order valence-corrected chi connectivity index (χ4v) is 2.51. The number of nitrogens with zero attached hydrogens (tertiary/aromatic N) is 3. The molecule has 0 aliphatic heterocycles. The van der Waals surface area contributed by atoms with Gasteiger partial charge >= 0.3 is 0 Å². The first-order valence-electron chi connectivity index (χ1n) is 5.54. The van der Waals surface area contributed by atoms with Gasteiger partial charge in [-0.2, -0.15) is 0 Å². The second-order valence-corrected chi connectivity index (χ2v) is 5.21. The Hall–Kier alpha value is -1.59. The summed E-state index contributed by atoms with van der Waals surface area (Å²) in [6, 6.07) is 9.38. The van der Waals surface area contributed by atoms with E-state index in [4.69, 9.17) is 16.3 Å². The minimum Gasteiger partial charge on any atom is -0.495 e. The zero-order chi connectivity index (χ0) is 13.4. The molecular weight excluding hydrogens is 330 g/mol. The van der Waals surface area contributed by atoms with Crippen LogP contribution in [0.4, 0.5) is 0 Å². The normalized spacial score (nSPS) is 10.9. The molecule has 0 atom stereocenters. The SMILES string of the molecule is COc1cccc(-c2nnc3ccc(Br)cn23)c1Cl. The van der Waals surface area contributed by atoms with E-state index in [2.05, 4.69) is 26.1 Å². The van der Waals surface area contributed by atoms with Crippen LogP contribution in [0.1, 0.15) is 0 Å². The molecule has 3 rings (SSSR count). The number of pyridine rings is 1. The van der Waals surface area contributed by atoms with Crippen LogP contribution in [0.3, 0.4) is 0 Å². The number of methoxy groups -OCH3 is 1. The van der Waals surface area contributed by atoms with Crippen LogP contribution < -0.4 is 4.74 Å². The Morgan fingerprint density at radius 2 is 2.05 bits per heavy atom. The minimum absolute atomic E-state index is 0.527. The zero-order valence-corrected chi connectivity index (χ0v) is 12.3. The number of benzene rings is 1. The van der Waals surface area contributed by atoms with Gasteiger partial charge < -0.3 is 4.74 Å². The molecule has 2 heterocycles. The summed E-state index contributed by atoms with van der Waals surface area (Å²) >= 11 is 9.76. The molecule has 0 saturated carbocycles. The van der Waals surface area contributed by atoms with Gasteiger partial charge in [-0.15, -0.1) is 10.2 Å². The third kappa shape index (κ3) is 2.09. The third-order valence-electron chi connectivity index (χ3n) is 2.79. The number of fused-ring (bicyclic) bond motifs is 1. The lowest BCUT2D eigenvalue weighted by Crippen LogP contribution is -1.92. The number of hydrogen-bond donors (Lipinski definition) is 0. The van der Waals surface area contributed by atoms with Crippen molar-refractivity contribution in [2.75, 3.05) is 7.11 Å². The molecule has 0 radical (unpaired) electrons. The molecule has 0 saturated heterocycles. The summed E-state index contributed by atoms with van der Waals surface area (Å²) in [5.41, 5.74) is 1.55. The molecule has 0 aliphatic rings. The van der Waals surface area contributed by atoms with Gasteiger partial charge in [0.1, 0.15) is 5.75 Å². The van der Waals surface area contributed by atoms with E-state index >= 15 is 0 Å². The Balaban J connectivity index is 2.27. The molecular formula is C13H9BrClN3O. The van der Waals surface area contributed by atoms with Crippen molar-refractivity contribution in [2.24, 2.45) is 0 Å². The summed E-state index contributed by atoms with van der Waals surface area (Å²) in [5, 5.41) is 8.85. The van der Waals surface area contributed by atoms with Gasteiger partial charge in [0.15, 0.2) is 11.5 Å². The lowest BCUT2D eigenvalue weighted by molar-refractivity contribution is 0.415. The highest BCUT2D eigenvalue weighted by Crippen LogP contribution is 2.34. The molecule has 6 heteroatoms. The monoisotopic (exact) mass is 337 g/mol. The van der Waals surface area contributed by atoms with Crippen molar-refractivity contribution in [3.05, 3.63) is 46.0 Å². The van der Waals surface area contributed by atoms with Crippen molar-refractivity contribution in [3.63, 3.8) is 0 Å². The number of aromatic nitrogens is 3. The molecule has 0 fully saturated rings. The molecule has 0 aliphatic carbocycles. The summed E-state index contributed by atoms with van der Waals surface area (Å²) in [4.78, 5) is 0. The first-order valence-corrected chi connectivity index (χ1v) is 6.71. The molecule has 0 spiro atoms. The minimum atomic E-state index is 0.527. The maximum absolute atomic E-state index is 6.32. The van der Waals surface area contributed by atoms with E-state index in [1.807, 2.05) is 40.9 Å². The Morgan fingerprint density at radius 1 is 1.21 bits per heavy atom. The number of hydrogen-bond acceptors (Lipinski definition) is 3. The Labute approximate surface area is 123 Å². The van der Waals surface area contributed by atoms with Crippen LogP contribution in [0.15, 0.2) is 41.0 Å². The molecule has 4 nitrogen and oxygen atoms in total. The van der Waals surface area contributed by atoms with E-state index in [0.717, 1.165) is 15.7 Å². The average molecular weight is 339 g/mol. The van der Waals surface area contributed by atoms with E-state index in [0.29, 0.717) is 16.6 Å². The fourth-order valence-electron chi connectivity index (χ4n) is 1.89. The van der Waals surface area contributed by atoms with Gasteiger partial charge in [-0.1, -0.05) is 17.7 Å². The summed E-state index contributed by atoms with van der Waals surface area (Å²) in [6.45, 7) is 0. The van der Waals surface area contributed by atoms with Crippen molar-refractivity contribution in [1.29, 1.82) is 0 Å². The predicted octanol–water partition coefficient (Wildman–Crippen LogP) is 3.82. The van der Waals surface area contributed by atoms with E-state index in [1.165, 1.54) is 0 Å². The lowest BCUT2D eigenvalue weighted by atomic mass is 10.2. The maximum atomic E-state index is 6.32. The van der Waals surface area contributed by atoms with Crippen LogP contribution in [-0.4, -0.2) is 21.7 Å². The number of rotatable bonds is 2. The van der Waals surface area contributed by atoms with Gasteiger partial charge in [0.25, 0.3) is 0 Å².